The van der Waals surface area contributed by atoms with Gasteiger partial charge in [0.15, 0.2) is 0 Å². The van der Waals surface area contributed by atoms with E-state index in [-0.39, 0.29) is 6.61 Å². The number of aliphatic carboxylic acids is 1. The van der Waals surface area contributed by atoms with Crippen molar-refractivity contribution in [1.29, 1.82) is 0 Å². The van der Waals surface area contributed by atoms with E-state index in [0.717, 1.165) is 5.56 Å². The van der Waals surface area contributed by atoms with Crippen LogP contribution < -0.4 is 10.6 Å². The molecule has 0 aliphatic heterocycles. The van der Waals surface area contributed by atoms with Crippen LogP contribution in [0.15, 0.2) is 30.3 Å². The van der Waals surface area contributed by atoms with E-state index in [9.17, 15) is 14.4 Å². The third-order valence-electron chi connectivity index (χ3n) is 2.35. The molecule has 0 fully saturated rings. The van der Waals surface area contributed by atoms with Crippen LogP contribution in [0.4, 0.5) is 4.79 Å². The Morgan fingerprint density at radius 1 is 1.25 bits per heavy atom. The van der Waals surface area contributed by atoms with Crippen molar-refractivity contribution in [3.05, 3.63) is 35.9 Å². The van der Waals surface area contributed by atoms with Gasteiger partial charge in [-0.15, -0.1) is 0 Å². The van der Waals surface area contributed by atoms with Crippen molar-refractivity contribution in [2.45, 2.75) is 19.6 Å². The maximum absolute atomic E-state index is 11.4. The molecule has 0 saturated heterocycles. The number of amides is 2. The van der Waals surface area contributed by atoms with Gasteiger partial charge in [0.25, 0.3) is 0 Å². The first-order valence-electron chi connectivity index (χ1n) is 5.95. The standard InChI is InChI=1S/C13H16N2O5/c1-9(12(18)14-7-11(16)17)15-13(19)20-8-10-5-3-2-4-6-10/h2-6,9H,7-8H2,1H3,(H,14,18)(H,15,19)(H,16,17)/t9-/m1/s1. The molecular weight excluding hydrogens is 264 g/mol. The van der Waals surface area contributed by atoms with E-state index in [1.807, 2.05) is 18.2 Å². The van der Waals surface area contributed by atoms with Crippen molar-refractivity contribution in [3.63, 3.8) is 0 Å². The quantitative estimate of drug-likeness (QED) is 0.704. The van der Waals surface area contributed by atoms with Gasteiger partial charge in [-0.05, 0) is 12.5 Å². The zero-order chi connectivity index (χ0) is 15.0. The molecular formula is C13H16N2O5. The highest BCUT2D eigenvalue weighted by atomic mass is 16.5. The number of carboxylic acids is 1. The molecule has 1 aromatic rings. The van der Waals surface area contributed by atoms with Crippen molar-refractivity contribution < 1.29 is 24.2 Å². The van der Waals surface area contributed by atoms with Gasteiger partial charge in [-0.2, -0.15) is 0 Å². The number of benzene rings is 1. The molecule has 0 aliphatic carbocycles. The van der Waals surface area contributed by atoms with Crippen LogP contribution in [-0.2, 0) is 20.9 Å². The second-order valence-corrected chi connectivity index (χ2v) is 4.04. The summed E-state index contributed by atoms with van der Waals surface area (Å²) >= 11 is 0. The fourth-order valence-corrected chi connectivity index (χ4v) is 1.32. The van der Waals surface area contributed by atoms with E-state index < -0.39 is 30.6 Å². The molecule has 0 heterocycles. The Balaban J connectivity index is 2.30. The number of hydrogen-bond acceptors (Lipinski definition) is 4. The van der Waals surface area contributed by atoms with Crippen molar-refractivity contribution in [2.24, 2.45) is 0 Å². The van der Waals surface area contributed by atoms with Crippen molar-refractivity contribution >= 4 is 18.0 Å². The Morgan fingerprint density at radius 3 is 2.50 bits per heavy atom. The summed E-state index contributed by atoms with van der Waals surface area (Å²) < 4.78 is 4.93. The van der Waals surface area contributed by atoms with E-state index in [0.29, 0.717) is 0 Å². The Hall–Kier alpha value is -2.57. The van der Waals surface area contributed by atoms with Gasteiger partial charge in [-0.25, -0.2) is 4.79 Å². The smallest absolute Gasteiger partial charge is 0.408 e. The number of carbonyl (C=O) groups excluding carboxylic acids is 2. The number of alkyl carbamates (subject to hydrolysis) is 1. The summed E-state index contributed by atoms with van der Waals surface area (Å²) in [6.07, 6.45) is -0.744. The second kappa shape index (κ2) is 7.78. The zero-order valence-corrected chi connectivity index (χ0v) is 11.0. The summed E-state index contributed by atoms with van der Waals surface area (Å²) in [5.41, 5.74) is 0.825. The lowest BCUT2D eigenvalue weighted by Crippen LogP contribution is -2.46. The molecule has 1 atom stereocenters. The number of carboxylic acid groups (broad SMARTS) is 1. The van der Waals surface area contributed by atoms with Crippen LogP contribution in [0.1, 0.15) is 12.5 Å². The number of hydrogen-bond donors (Lipinski definition) is 3. The molecule has 7 heteroatoms. The number of ether oxygens (including phenoxy) is 1. The average molecular weight is 280 g/mol. The van der Waals surface area contributed by atoms with Crippen molar-refractivity contribution in [3.8, 4) is 0 Å². The molecule has 0 aliphatic rings. The van der Waals surface area contributed by atoms with Crippen LogP contribution in [0.5, 0.6) is 0 Å². The highest BCUT2D eigenvalue weighted by molar-refractivity contribution is 5.87. The van der Waals surface area contributed by atoms with Crippen LogP contribution in [-0.4, -0.2) is 35.7 Å². The maximum Gasteiger partial charge on any atom is 0.408 e. The summed E-state index contributed by atoms with van der Waals surface area (Å²) in [6.45, 7) is 1.03. The van der Waals surface area contributed by atoms with E-state index in [1.54, 1.807) is 12.1 Å². The molecule has 0 saturated carbocycles. The number of rotatable bonds is 6. The van der Waals surface area contributed by atoms with Crippen molar-refractivity contribution in [1.82, 2.24) is 10.6 Å². The molecule has 1 aromatic carbocycles. The van der Waals surface area contributed by atoms with Crippen LogP contribution in [0.25, 0.3) is 0 Å². The van der Waals surface area contributed by atoms with Gasteiger partial charge in [-0.1, -0.05) is 30.3 Å². The molecule has 108 valence electrons. The van der Waals surface area contributed by atoms with E-state index in [2.05, 4.69) is 10.6 Å². The fraction of sp³-hybridized carbons (Fsp3) is 0.308. The minimum Gasteiger partial charge on any atom is -0.480 e. The molecule has 7 nitrogen and oxygen atoms in total. The molecule has 20 heavy (non-hydrogen) atoms. The van der Waals surface area contributed by atoms with Gasteiger partial charge >= 0.3 is 12.1 Å². The van der Waals surface area contributed by atoms with Gasteiger partial charge in [0.2, 0.25) is 5.91 Å². The Labute approximate surface area is 115 Å². The van der Waals surface area contributed by atoms with Gasteiger partial charge in [0, 0.05) is 0 Å². The van der Waals surface area contributed by atoms with Crippen LogP contribution in [0.3, 0.4) is 0 Å². The summed E-state index contributed by atoms with van der Waals surface area (Å²) in [5, 5.41) is 12.9. The van der Waals surface area contributed by atoms with Crippen LogP contribution >= 0.6 is 0 Å². The molecule has 2 amide bonds. The predicted molar refractivity (Wildman–Crippen MR) is 69.9 cm³/mol. The third kappa shape index (κ3) is 5.85. The Morgan fingerprint density at radius 2 is 1.90 bits per heavy atom. The lowest BCUT2D eigenvalue weighted by molar-refractivity contribution is -0.138. The van der Waals surface area contributed by atoms with Gasteiger partial charge in [-0.3, -0.25) is 9.59 Å². The average Bonchev–Trinajstić information content (AvgIpc) is 2.43. The lowest BCUT2D eigenvalue weighted by Gasteiger charge is -2.13. The fourth-order valence-electron chi connectivity index (χ4n) is 1.32. The Bertz CT molecular complexity index is 475. The van der Waals surface area contributed by atoms with Gasteiger partial charge in [0.05, 0.1) is 0 Å². The maximum atomic E-state index is 11.4. The monoisotopic (exact) mass is 280 g/mol. The molecule has 0 unspecified atom stereocenters. The molecule has 0 bridgehead atoms. The number of carbonyl (C=O) groups is 3. The normalized spacial score (nSPS) is 11.2. The first kappa shape index (κ1) is 15.5. The highest BCUT2D eigenvalue weighted by Crippen LogP contribution is 2.00. The van der Waals surface area contributed by atoms with E-state index in [4.69, 9.17) is 9.84 Å². The summed E-state index contributed by atoms with van der Waals surface area (Å²) in [4.78, 5) is 33.1. The predicted octanol–water partition coefficient (Wildman–Crippen LogP) is 0.502. The SMILES string of the molecule is C[C@@H](NC(=O)OCc1ccccc1)C(=O)NCC(=O)O. The molecule has 0 radical (unpaired) electrons. The summed E-state index contributed by atoms with van der Waals surface area (Å²) in [5.74, 6) is -1.75. The van der Waals surface area contributed by atoms with Crippen LogP contribution in [0.2, 0.25) is 0 Å². The molecule has 0 aromatic heterocycles. The van der Waals surface area contributed by atoms with E-state index in [1.165, 1.54) is 6.92 Å². The van der Waals surface area contributed by atoms with Crippen molar-refractivity contribution in [2.75, 3.05) is 6.54 Å². The van der Waals surface area contributed by atoms with E-state index >= 15 is 0 Å². The van der Waals surface area contributed by atoms with Gasteiger partial charge in [0.1, 0.15) is 19.2 Å². The zero-order valence-electron chi connectivity index (χ0n) is 11.0. The first-order valence-corrected chi connectivity index (χ1v) is 5.95. The van der Waals surface area contributed by atoms with Crippen LogP contribution in [0, 0.1) is 0 Å². The number of nitrogens with one attached hydrogen (secondary N) is 2. The largest absolute Gasteiger partial charge is 0.480 e. The molecule has 0 spiro atoms. The minimum absolute atomic E-state index is 0.0934. The second-order valence-electron chi connectivity index (χ2n) is 4.04. The summed E-state index contributed by atoms with van der Waals surface area (Å²) in [7, 11) is 0. The topological polar surface area (TPSA) is 105 Å². The lowest BCUT2D eigenvalue weighted by atomic mass is 10.2. The molecule has 1 rings (SSSR count). The highest BCUT2D eigenvalue weighted by Gasteiger charge is 2.16. The Kier molecular flexibility index (Phi) is 6.02. The van der Waals surface area contributed by atoms with Gasteiger partial charge < -0.3 is 20.5 Å². The first-order chi connectivity index (χ1) is 9.49. The molecule has 3 N–H and O–H groups in total. The summed E-state index contributed by atoms with van der Waals surface area (Å²) in [6, 6.07) is 8.21. The third-order valence-corrected chi connectivity index (χ3v) is 2.35. The minimum atomic E-state index is -1.16.